The summed E-state index contributed by atoms with van der Waals surface area (Å²) in [5, 5.41) is 22.3. The molecule has 7 nitrogen and oxygen atoms in total. The zero-order chi connectivity index (χ0) is 14.8. The van der Waals surface area contributed by atoms with E-state index in [-0.39, 0.29) is 17.8 Å². The number of nitro groups is 1. The Hall–Kier alpha value is -2.44. The highest BCUT2D eigenvalue weighted by Gasteiger charge is 2.44. The molecule has 0 bridgehead atoms. The summed E-state index contributed by atoms with van der Waals surface area (Å²) in [6, 6.07) is 5.34. The number of rotatable bonds is 5. The van der Waals surface area contributed by atoms with Gasteiger partial charge < -0.3 is 10.4 Å². The lowest BCUT2D eigenvalue weighted by atomic mass is 9.69. The third kappa shape index (κ3) is 2.61. The molecule has 0 spiro atoms. The summed E-state index contributed by atoms with van der Waals surface area (Å²) >= 11 is 0. The smallest absolute Gasteiger partial charge is 0.311 e. The van der Waals surface area contributed by atoms with Crippen molar-refractivity contribution >= 4 is 17.6 Å². The van der Waals surface area contributed by atoms with Crippen molar-refractivity contribution in [3.63, 3.8) is 0 Å². The Bertz CT molecular complexity index is 566. The van der Waals surface area contributed by atoms with Crippen LogP contribution < -0.4 is 5.32 Å². The van der Waals surface area contributed by atoms with Gasteiger partial charge in [0.1, 0.15) is 0 Å². The molecule has 0 radical (unpaired) electrons. The van der Waals surface area contributed by atoms with Gasteiger partial charge in [0, 0.05) is 24.2 Å². The first-order valence-corrected chi connectivity index (χ1v) is 6.21. The fourth-order valence-corrected chi connectivity index (χ4v) is 2.18. The molecular formula is C13H14N2O5. The van der Waals surface area contributed by atoms with Gasteiger partial charge in [-0.15, -0.1) is 0 Å². The van der Waals surface area contributed by atoms with Gasteiger partial charge in [0.05, 0.1) is 10.3 Å². The lowest BCUT2D eigenvalue weighted by Crippen LogP contribution is -2.47. The maximum atomic E-state index is 11.9. The fourth-order valence-electron chi connectivity index (χ4n) is 2.18. The van der Waals surface area contributed by atoms with Crippen molar-refractivity contribution in [3.8, 4) is 0 Å². The van der Waals surface area contributed by atoms with Crippen LogP contribution in [0.3, 0.4) is 0 Å². The molecule has 2 rings (SSSR count). The van der Waals surface area contributed by atoms with Crippen molar-refractivity contribution < 1.29 is 19.6 Å². The minimum absolute atomic E-state index is 0.0455. The molecule has 0 unspecified atom stereocenters. The number of hydrogen-bond donors (Lipinski definition) is 2. The monoisotopic (exact) mass is 278 g/mol. The average molecular weight is 278 g/mol. The van der Waals surface area contributed by atoms with E-state index in [1.807, 2.05) is 0 Å². The highest BCUT2D eigenvalue weighted by Crippen LogP contribution is 2.40. The lowest BCUT2D eigenvalue weighted by Gasteiger charge is -2.37. The number of carboxylic acid groups (broad SMARTS) is 1. The summed E-state index contributed by atoms with van der Waals surface area (Å²) in [6.07, 6.45) is 1.91. The Morgan fingerprint density at radius 1 is 1.40 bits per heavy atom. The van der Waals surface area contributed by atoms with Gasteiger partial charge in [-0.1, -0.05) is 12.5 Å². The number of benzene rings is 1. The Kier molecular flexibility index (Phi) is 3.69. The number of nitrogens with zero attached hydrogens (tertiary/aromatic N) is 1. The molecule has 1 amide bonds. The van der Waals surface area contributed by atoms with Gasteiger partial charge in [-0.25, -0.2) is 0 Å². The summed E-state index contributed by atoms with van der Waals surface area (Å²) in [4.78, 5) is 33.1. The summed E-state index contributed by atoms with van der Waals surface area (Å²) in [5.41, 5.74) is -0.899. The number of carbonyl (C=O) groups is 2. The summed E-state index contributed by atoms with van der Waals surface area (Å²) < 4.78 is 0. The molecular weight excluding hydrogens is 264 g/mol. The molecule has 20 heavy (non-hydrogen) atoms. The lowest BCUT2D eigenvalue weighted by molar-refractivity contribution is -0.384. The fraction of sp³-hybridized carbons (Fsp3) is 0.385. The predicted molar refractivity (Wildman–Crippen MR) is 69.3 cm³/mol. The number of amides is 1. The van der Waals surface area contributed by atoms with E-state index in [0.717, 1.165) is 6.42 Å². The summed E-state index contributed by atoms with van der Waals surface area (Å²) in [5.74, 6) is -1.41. The van der Waals surface area contributed by atoms with Crippen LogP contribution in [-0.4, -0.2) is 28.5 Å². The van der Waals surface area contributed by atoms with Crippen molar-refractivity contribution in [2.45, 2.75) is 19.3 Å². The van der Waals surface area contributed by atoms with Gasteiger partial charge in [-0.3, -0.25) is 19.7 Å². The first-order valence-electron chi connectivity index (χ1n) is 6.21. The molecule has 0 aliphatic heterocycles. The van der Waals surface area contributed by atoms with Crippen molar-refractivity contribution in [2.24, 2.45) is 5.41 Å². The van der Waals surface area contributed by atoms with Gasteiger partial charge in [0.25, 0.3) is 11.6 Å². The highest BCUT2D eigenvalue weighted by atomic mass is 16.6. The van der Waals surface area contributed by atoms with E-state index in [1.165, 1.54) is 24.3 Å². The van der Waals surface area contributed by atoms with Crippen LogP contribution in [0.15, 0.2) is 24.3 Å². The Morgan fingerprint density at radius 3 is 2.60 bits per heavy atom. The third-order valence-electron chi connectivity index (χ3n) is 3.67. The molecule has 0 aromatic heterocycles. The van der Waals surface area contributed by atoms with Crippen LogP contribution in [0.25, 0.3) is 0 Å². The molecule has 106 valence electrons. The van der Waals surface area contributed by atoms with Gasteiger partial charge in [-0.05, 0) is 18.9 Å². The Morgan fingerprint density at radius 2 is 2.10 bits per heavy atom. The second-order valence-electron chi connectivity index (χ2n) is 4.93. The number of nitrogens with one attached hydrogen (secondary N) is 1. The summed E-state index contributed by atoms with van der Waals surface area (Å²) in [7, 11) is 0. The zero-order valence-corrected chi connectivity index (χ0v) is 10.7. The SMILES string of the molecule is O=C(NCC1(C(=O)O)CCC1)c1cccc([N+](=O)[O-])c1. The molecule has 1 saturated carbocycles. The third-order valence-corrected chi connectivity index (χ3v) is 3.67. The summed E-state index contributed by atoms with van der Waals surface area (Å²) in [6.45, 7) is 0.0455. The van der Waals surface area contributed by atoms with E-state index in [2.05, 4.69) is 5.32 Å². The normalized spacial score (nSPS) is 16.0. The second kappa shape index (κ2) is 5.28. The van der Waals surface area contributed by atoms with Crippen LogP contribution >= 0.6 is 0 Å². The number of aliphatic carboxylic acids is 1. The van der Waals surface area contributed by atoms with E-state index in [4.69, 9.17) is 5.11 Å². The van der Waals surface area contributed by atoms with Crippen molar-refractivity contribution in [1.82, 2.24) is 5.32 Å². The molecule has 0 atom stereocenters. The van der Waals surface area contributed by atoms with Crippen molar-refractivity contribution in [2.75, 3.05) is 6.54 Å². The van der Waals surface area contributed by atoms with Gasteiger partial charge in [0.2, 0.25) is 0 Å². The number of non-ortho nitro benzene ring substituents is 1. The standard InChI is InChI=1S/C13H14N2O5/c16-11(9-3-1-4-10(7-9)15(19)20)14-8-13(12(17)18)5-2-6-13/h1,3-4,7H,2,5-6,8H2,(H,14,16)(H,17,18). The topological polar surface area (TPSA) is 110 Å². The number of hydrogen-bond acceptors (Lipinski definition) is 4. The van der Waals surface area contributed by atoms with E-state index in [9.17, 15) is 19.7 Å². The van der Waals surface area contributed by atoms with E-state index in [1.54, 1.807) is 0 Å². The van der Waals surface area contributed by atoms with Crippen LogP contribution in [0, 0.1) is 15.5 Å². The molecule has 1 aliphatic rings. The maximum Gasteiger partial charge on any atom is 0.311 e. The van der Waals surface area contributed by atoms with Crippen LogP contribution in [0.2, 0.25) is 0 Å². The molecule has 0 saturated heterocycles. The highest BCUT2D eigenvalue weighted by molar-refractivity contribution is 5.95. The molecule has 0 heterocycles. The molecule has 1 aliphatic carbocycles. The number of nitro benzene ring substituents is 1. The number of carbonyl (C=O) groups excluding carboxylic acids is 1. The van der Waals surface area contributed by atoms with Crippen LogP contribution in [0.4, 0.5) is 5.69 Å². The minimum Gasteiger partial charge on any atom is -0.481 e. The average Bonchev–Trinajstić information content (AvgIpc) is 2.37. The largest absolute Gasteiger partial charge is 0.481 e. The van der Waals surface area contributed by atoms with Crippen molar-refractivity contribution in [3.05, 3.63) is 39.9 Å². The van der Waals surface area contributed by atoms with E-state index >= 15 is 0 Å². The zero-order valence-electron chi connectivity index (χ0n) is 10.7. The molecule has 7 heteroatoms. The molecule has 1 aromatic rings. The van der Waals surface area contributed by atoms with Crippen molar-refractivity contribution in [1.29, 1.82) is 0 Å². The second-order valence-corrected chi connectivity index (χ2v) is 4.93. The van der Waals surface area contributed by atoms with E-state index < -0.39 is 22.2 Å². The first-order chi connectivity index (χ1) is 9.44. The predicted octanol–water partition coefficient (Wildman–Crippen LogP) is 1.58. The van der Waals surface area contributed by atoms with Gasteiger partial charge in [-0.2, -0.15) is 0 Å². The van der Waals surface area contributed by atoms with Gasteiger partial charge >= 0.3 is 5.97 Å². The number of carboxylic acids is 1. The van der Waals surface area contributed by atoms with E-state index in [0.29, 0.717) is 12.8 Å². The van der Waals surface area contributed by atoms with Crippen LogP contribution in [-0.2, 0) is 4.79 Å². The quantitative estimate of drug-likeness (QED) is 0.627. The molecule has 1 fully saturated rings. The van der Waals surface area contributed by atoms with Crippen LogP contribution in [0.5, 0.6) is 0 Å². The Balaban J connectivity index is 2.03. The molecule has 2 N–H and O–H groups in total. The van der Waals surface area contributed by atoms with Gasteiger partial charge in [0.15, 0.2) is 0 Å². The maximum absolute atomic E-state index is 11.9. The first kappa shape index (κ1) is 14.0. The van der Waals surface area contributed by atoms with Crippen LogP contribution in [0.1, 0.15) is 29.6 Å². The molecule has 1 aromatic carbocycles. The minimum atomic E-state index is -0.914. The Labute approximate surface area is 114 Å².